The van der Waals surface area contributed by atoms with E-state index in [-0.39, 0.29) is 10.9 Å². The Kier molecular flexibility index (Phi) is 8.42. The number of methoxy groups -OCH3 is 1. The quantitative estimate of drug-likeness (QED) is 0.398. The van der Waals surface area contributed by atoms with Crippen LogP contribution in [0, 0.1) is 0 Å². The van der Waals surface area contributed by atoms with Crippen LogP contribution in [0.3, 0.4) is 0 Å². The van der Waals surface area contributed by atoms with Crippen molar-refractivity contribution in [3.8, 4) is 17.1 Å². The molecule has 1 saturated heterocycles. The molecule has 11 heteroatoms. The number of carbonyl (C=O) groups excluding carboxylic acids is 1. The highest BCUT2D eigenvalue weighted by Crippen LogP contribution is 2.41. The highest BCUT2D eigenvalue weighted by atomic mass is 35.5. The number of nitrogens with zero attached hydrogens (tertiary/aromatic N) is 3. The molecule has 0 spiro atoms. The zero-order valence-electron chi connectivity index (χ0n) is 21.1. The number of alkyl halides is 3. The van der Waals surface area contributed by atoms with Gasteiger partial charge in [0, 0.05) is 38.6 Å². The van der Waals surface area contributed by atoms with Crippen molar-refractivity contribution in [2.24, 2.45) is 0 Å². The lowest BCUT2D eigenvalue weighted by Gasteiger charge is -2.42. The molecule has 4 rings (SSSR count). The number of pyridine rings is 2. The number of amides is 1. The van der Waals surface area contributed by atoms with E-state index in [1.165, 1.54) is 6.07 Å². The first kappa shape index (κ1) is 27.7. The first-order valence-corrected chi connectivity index (χ1v) is 12.6. The molecule has 1 aliphatic rings. The lowest BCUT2D eigenvalue weighted by Crippen LogP contribution is -2.52. The maximum atomic E-state index is 13.5. The van der Waals surface area contributed by atoms with Crippen molar-refractivity contribution in [2.45, 2.75) is 24.4 Å². The van der Waals surface area contributed by atoms with Crippen LogP contribution in [0.1, 0.15) is 24.0 Å². The molecule has 0 saturated carbocycles. The maximum Gasteiger partial charge on any atom is 0.416 e. The third-order valence-corrected chi connectivity index (χ3v) is 7.19. The van der Waals surface area contributed by atoms with E-state index in [0.29, 0.717) is 56.3 Å². The first-order chi connectivity index (χ1) is 18.2. The average Bonchev–Trinajstić information content (AvgIpc) is 2.93. The van der Waals surface area contributed by atoms with Gasteiger partial charge < -0.3 is 20.3 Å². The van der Waals surface area contributed by atoms with Gasteiger partial charge >= 0.3 is 6.18 Å². The number of ether oxygens (including phenoxy) is 1. The van der Waals surface area contributed by atoms with Crippen molar-refractivity contribution in [2.75, 3.05) is 45.2 Å². The van der Waals surface area contributed by atoms with E-state index in [9.17, 15) is 18.0 Å². The Morgan fingerprint density at radius 3 is 2.50 bits per heavy atom. The molecular weight excluding hydrogens is 519 g/mol. The lowest BCUT2D eigenvalue weighted by molar-refractivity contribution is -0.137. The Balaban J connectivity index is 1.60. The Labute approximate surface area is 224 Å². The highest BCUT2D eigenvalue weighted by Gasteiger charge is 2.43. The number of carbonyl (C=O) groups is 1. The molecule has 7 nitrogen and oxygen atoms in total. The van der Waals surface area contributed by atoms with E-state index >= 15 is 0 Å². The molecule has 2 N–H and O–H groups in total. The van der Waals surface area contributed by atoms with E-state index in [0.717, 1.165) is 23.3 Å². The maximum absolute atomic E-state index is 13.5. The number of piperidine rings is 1. The van der Waals surface area contributed by atoms with Crippen molar-refractivity contribution >= 4 is 23.2 Å². The molecule has 0 atom stereocenters. The molecule has 2 aromatic heterocycles. The summed E-state index contributed by atoms with van der Waals surface area (Å²) in [5.74, 6) is 0.341. The van der Waals surface area contributed by atoms with E-state index < -0.39 is 17.2 Å². The molecule has 202 valence electrons. The van der Waals surface area contributed by atoms with Gasteiger partial charge in [0.05, 0.1) is 40.1 Å². The summed E-state index contributed by atoms with van der Waals surface area (Å²) in [7, 11) is 3.35. The van der Waals surface area contributed by atoms with Gasteiger partial charge in [0.2, 0.25) is 11.8 Å². The second-order valence-corrected chi connectivity index (χ2v) is 9.49. The molecule has 0 aliphatic carbocycles. The number of benzene rings is 1. The molecule has 38 heavy (non-hydrogen) atoms. The number of nitrogens with one attached hydrogen (secondary N) is 2. The Morgan fingerprint density at radius 1 is 1.13 bits per heavy atom. The van der Waals surface area contributed by atoms with Gasteiger partial charge in [0.25, 0.3) is 0 Å². The predicted octanol–water partition coefficient (Wildman–Crippen LogP) is 4.70. The SMILES string of the molecule is CNCCNC(=O)C1(c2ccc(-c3cccnc3OC)nc2)CCN(c2ccc(C(F)(F)F)cc2Cl)CC1. The minimum absolute atomic E-state index is 0.0298. The van der Waals surface area contributed by atoms with Crippen LogP contribution in [0.5, 0.6) is 5.88 Å². The molecule has 0 radical (unpaired) electrons. The third kappa shape index (κ3) is 5.71. The summed E-state index contributed by atoms with van der Waals surface area (Å²) < 4.78 is 44.6. The van der Waals surface area contributed by atoms with Crippen molar-refractivity contribution < 1.29 is 22.7 Å². The van der Waals surface area contributed by atoms with Crippen LogP contribution in [0.25, 0.3) is 11.3 Å². The molecular formula is C27H29ClF3N5O2. The fourth-order valence-corrected chi connectivity index (χ4v) is 5.07. The molecule has 1 aromatic carbocycles. The monoisotopic (exact) mass is 547 g/mol. The van der Waals surface area contributed by atoms with Crippen LogP contribution in [0.2, 0.25) is 5.02 Å². The number of rotatable bonds is 8. The number of anilines is 1. The summed E-state index contributed by atoms with van der Waals surface area (Å²) in [6, 6.07) is 10.8. The summed E-state index contributed by atoms with van der Waals surface area (Å²) in [5, 5.41) is 6.07. The Bertz CT molecular complexity index is 1260. The van der Waals surface area contributed by atoms with Gasteiger partial charge in [-0.3, -0.25) is 9.78 Å². The molecule has 0 unspecified atom stereocenters. The third-order valence-electron chi connectivity index (χ3n) is 6.88. The van der Waals surface area contributed by atoms with E-state index in [4.69, 9.17) is 16.3 Å². The summed E-state index contributed by atoms with van der Waals surface area (Å²) >= 11 is 6.25. The molecule has 3 heterocycles. The average molecular weight is 548 g/mol. The molecule has 0 bridgehead atoms. The second-order valence-electron chi connectivity index (χ2n) is 9.08. The van der Waals surface area contributed by atoms with Crippen LogP contribution >= 0.6 is 11.6 Å². The molecule has 1 amide bonds. The predicted molar refractivity (Wildman–Crippen MR) is 141 cm³/mol. The zero-order chi connectivity index (χ0) is 27.3. The summed E-state index contributed by atoms with van der Waals surface area (Å²) in [6.45, 7) is 1.95. The molecule has 3 aromatic rings. The van der Waals surface area contributed by atoms with Gasteiger partial charge in [-0.1, -0.05) is 17.7 Å². The summed E-state index contributed by atoms with van der Waals surface area (Å²) in [5.41, 5.74) is 1.04. The van der Waals surface area contributed by atoms with E-state index in [1.54, 1.807) is 25.6 Å². The van der Waals surface area contributed by atoms with Crippen molar-refractivity contribution in [1.29, 1.82) is 0 Å². The highest BCUT2D eigenvalue weighted by molar-refractivity contribution is 6.33. The van der Waals surface area contributed by atoms with Gasteiger partial charge in [-0.2, -0.15) is 13.2 Å². The van der Waals surface area contributed by atoms with Crippen LogP contribution < -0.4 is 20.3 Å². The fraction of sp³-hybridized carbons (Fsp3) is 0.370. The standard InChI is InChI=1S/C27H29ClF3N5O2/c1-32-12-13-34-25(37)26(19-5-7-22(35-17-19)20-4-3-11-33-24(20)38-2)9-14-36(15-10-26)23-8-6-18(16-21(23)28)27(29,30)31/h3-8,11,16-17,32H,9-10,12-15H2,1-2H3,(H,34,37). The van der Waals surface area contributed by atoms with Crippen molar-refractivity contribution in [3.63, 3.8) is 0 Å². The van der Waals surface area contributed by atoms with E-state index in [1.807, 2.05) is 30.1 Å². The first-order valence-electron chi connectivity index (χ1n) is 12.2. The van der Waals surface area contributed by atoms with Gasteiger partial charge in [-0.15, -0.1) is 0 Å². The number of aromatic nitrogens is 2. The minimum Gasteiger partial charge on any atom is -0.481 e. The zero-order valence-corrected chi connectivity index (χ0v) is 21.9. The van der Waals surface area contributed by atoms with E-state index in [2.05, 4.69) is 20.6 Å². The molecule has 1 fully saturated rings. The number of hydrogen-bond acceptors (Lipinski definition) is 6. The molecule has 1 aliphatic heterocycles. The van der Waals surface area contributed by atoms with Gasteiger partial charge in [0.1, 0.15) is 0 Å². The van der Waals surface area contributed by atoms with Gasteiger partial charge in [0.15, 0.2) is 0 Å². The van der Waals surface area contributed by atoms with Crippen molar-refractivity contribution in [3.05, 3.63) is 71.0 Å². The smallest absolute Gasteiger partial charge is 0.416 e. The fourth-order valence-electron chi connectivity index (χ4n) is 4.77. The Morgan fingerprint density at radius 2 is 1.89 bits per heavy atom. The largest absolute Gasteiger partial charge is 0.481 e. The van der Waals surface area contributed by atoms with Gasteiger partial charge in [-0.25, -0.2) is 4.98 Å². The van der Waals surface area contributed by atoms with Crippen LogP contribution in [0.15, 0.2) is 54.9 Å². The minimum atomic E-state index is -4.47. The van der Waals surface area contributed by atoms with Gasteiger partial charge in [-0.05, 0) is 61.9 Å². The lowest BCUT2D eigenvalue weighted by atomic mass is 9.72. The summed E-state index contributed by atoms with van der Waals surface area (Å²) in [4.78, 5) is 24.3. The number of halogens is 4. The van der Waals surface area contributed by atoms with Crippen LogP contribution in [-0.4, -0.2) is 56.2 Å². The van der Waals surface area contributed by atoms with Crippen LogP contribution in [-0.2, 0) is 16.4 Å². The number of hydrogen-bond donors (Lipinski definition) is 2. The summed E-state index contributed by atoms with van der Waals surface area (Å²) in [6.07, 6.45) is -0.248. The number of likely N-dealkylation sites (N-methyl/N-ethyl adjacent to an activating group) is 1. The topological polar surface area (TPSA) is 79.4 Å². The van der Waals surface area contributed by atoms with Crippen LogP contribution in [0.4, 0.5) is 18.9 Å². The van der Waals surface area contributed by atoms with Crippen molar-refractivity contribution in [1.82, 2.24) is 20.6 Å². The Hall–Kier alpha value is -3.37. The normalized spacial score (nSPS) is 15.3. The second kappa shape index (κ2) is 11.6.